The maximum Gasteiger partial charge on any atom is 0.243 e. The standard InChI is InChI=1S/C14H25N3OS/c1-3-10-5-4-6-11(9-10)13-16-14(18-17-13)12(15)7-8-19-2/h10-12H,3-9,15H2,1-2H3. The molecule has 0 amide bonds. The third kappa shape index (κ3) is 3.96. The quantitative estimate of drug-likeness (QED) is 0.865. The lowest BCUT2D eigenvalue weighted by molar-refractivity contribution is 0.296. The fourth-order valence-electron chi connectivity index (χ4n) is 2.83. The van der Waals surface area contributed by atoms with Gasteiger partial charge < -0.3 is 10.3 Å². The zero-order chi connectivity index (χ0) is 13.7. The van der Waals surface area contributed by atoms with Gasteiger partial charge in [-0.05, 0) is 37.2 Å². The number of thioether (sulfide) groups is 1. The fraction of sp³-hybridized carbons (Fsp3) is 0.857. The second-order valence-corrected chi connectivity index (χ2v) is 6.50. The Hall–Kier alpha value is -0.550. The van der Waals surface area contributed by atoms with Crippen molar-refractivity contribution in [3.05, 3.63) is 11.7 Å². The summed E-state index contributed by atoms with van der Waals surface area (Å²) < 4.78 is 5.35. The van der Waals surface area contributed by atoms with Crippen molar-refractivity contribution in [2.24, 2.45) is 11.7 Å². The Bertz CT molecular complexity index is 383. The zero-order valence-corrected chi connectivity index (χ0v) is 12.8. The monoisotopic (exact) mass is 283 g/mol. The van der Waals surface area contributed by atoms with Gasteiger partial charge in [-0.1, -0.05) is 31.3 Å². The number of nitrogens with two attached hydrogens (primary N) is 1. The van der Waals surface area contributed by atoms with Crippen LogP contribution in [0.5, 0.6) is 0 Å². The molecule has 1 fully saturated rings. The average Bonchev–Trinajstić information content (AvgIpc) is 2.94. The van der Waals surface area contributed by atoms with Gasteiger partial charge in [-0.25, -0.2) is 0 Å². The van der Waals surface area contributed by atoms with Crippen molar-refractivity contribution >= 4 is 11.8 Å². The molecule has 0 saturated heterocycles. The summed E-state index contributed by atoms with van der Waals surface area (Å²) >= 11 is 1.79. The third-order valence-electron chi connectivity index (χ3n) is 4.13. The van der Waals surface area contributed by atoms with Crippen molar-refractivity contribution in [3.63, 3.8) is 0 Å². The number of aromatic nitrogens is 2. The van der Waals surface area contributed by atoms with Crippen LogP contribution in [0.25, 0.3) is 0 Å². The topological polar surface area (TPSA) is 64.9 Å². The van der Waals surface area contributed by atoms with Crippen LogP contribution in [-0.2, 0) is 0 Å². The summed E-state index contributed by atoms with van der Waals surface area (Å²) in [5.74, 6) is 3.82. The molecule has 108 valence electrons. The van der Waals surface area contributed by atoms with Gasteiger partial charge in [-0.3, -0.25) is 0 Å². The van der Waals surface area contributed by atoms with Gasteiger partial charge in [0.1, 0.15) is 0 Å². The summed E-state index contributed by atoms with van der Waals surface area (Å²) in [4.78, 5) is 4.54. The first-order valence-electron chi connectivity index (χ1n) is 7.32. The molecule has 5 heteroatoms. The molecule has 1 aromatic rings. The third-order valence-corrected chi connectivity index (χ3v) is 4.78. The molecule has 2 N–H and O–H groups in total. The molecule has 0 radical (unpaired) electrons. The van der Waals surface area contributed by atoms with Crippen molar-refractivity contribution in [2.75, 3.05) is 12.0 Å². The summed E-state index contributed by atoms with van der Waals surface area (Å²) in [6.45, 7) is 2.27. The molecule has 2 rings (SSSR count). The zero-order valence-electron chi connectivity index (χ0n) is 12.0. The van der Waals surface area contributed by atoms with Gasteiger partial charge in [0, 0.05) is 5.92 Å². The summed E-state index contributed by atoms with van der Waals surface area (Å²) in [6, 6.07) is -0.112. The smallest absolute Gasteiger partial charge is 0.243 e. The second-order valence-electron chi connectivity index (χ2n) is 5.52. The van der Waals surface area contributed by atoms with E-state index in [0.29, 0.717) is 11.8 Å². The molecule has 3 atom stereocenters. The molecular weight excluding hydrogens is 258 g/mol. The van der Waals surface area contributed by atoms with Crippen LogP contribution in [0.2, 0.25) is 0 Å². The molecule has 0 aliphatic heterocycles. The number of rotatable bonds is 6. The molecule has 1 heterocycles. The predicted molar refractivity (Wildman–Crippen MR) is 79.2 cm³/mol. The van der Waals surface area contributed by atoms with Crippen molar-refractivity contribution < 1.29 is 4.52 Å². The molecule has 1 aliphatic rings. The molecule has 4 nitrogen and oxygen atoms in total. The van der Waals surface area contributed by atoms with Crippen LogP contribution >= 0.6 is 11.8 Å². The normalized spacial score (nSPS) is 25.4. The number of hydrogen-bond acceptors (Lipinski definition) is 5. The van der Waals surface area contributed by atoms with E-state index in [1.54, 1.807) is 11.8 Å². The first kappa shape index (κ1) is 14.9. The molecule has 3 unspecified atom stereocenters. The second kappa shape index (κ2) is 7.29. The van der Waals surface area contributed by atoms with Crippen molar-refractivity contribution in [3.8, 4) is 0 Å². The van der Waals surface area contributed by atoms with E-state index in [9.17, 15) is 0 Å². The lowest BCUT2D eigenvalue weighted by Crippen LogP contribution is -2.15. The van der Waals surface area contributed by atoms with E-state index < -0.39 is 0 Å². The molecule has 1 aromatic heterocycles. The van der Waals surface area contributed by atoms with Crippen LogP contribution in [0.4, 0.5) is 0 Å². The average molecular weight is 283 g/mol. The number of hydrogen-bond donors (Lipinski definition) is 1. The summed E-state index contributed by atoms with van der Waals surface area (Å²) in [5, 5.41) is 4.16. The maximum atomic E-state index is 6.07. The molecule has 0 bridgehead atoms. The summed E-state index contributed by atoms with van der Waals surface area (Å²) in [5.41, 5.74) is 6.07. The van der Waals surface area contributed by atoms with E-state index in [2.05, 4.69) is 23.3 Å². The Morgan fingerprint density at radius 1 is 1.47 bits per heavy atom. The van der Waals surface area contributed by atoms with Crippen molar-refractivity contribution in [2.45, 2.75) is 57.4 Å². The van der Waals surface area contributed by atoms with E-state index >= 15 is 0 Å². The summed E-state index contributed by atoms with van der Waals surface area (Å²) in [7, 11) is 0. The Morgan fingerprint density at radius 2 is 2.32 bits per heavy atom. The first-order chi connectivity index (χ1) is 9.24. The van der Waals surface area contributed by atoms with Gasteiger partial charge in [-0.15, -0.1) is 0 Å². The lowest BCUT2D eigenvalue weighted by atomic mass is 9.80. The van der Waals surface area contributed by atoms with Crippen LogP contribution in [0.15, 0.2) is 4.52 Å². The molecule has 19 heavy (non-hydrogen) atoms. The fourth-order valence-corrected chi connectivity index (χ4v) is 3.32. The first-order valence-corrected chi connectivity index (χ1v) is 8.72. The molecule has 1 aliphatic carbocycles. The van der Waals surface area contributed by atoms with Gasteiger partial charge in [0.2, 0.25) is 5.89 Å². The minimum absolute atomic E-state index is 0.112. The van der Waals surface area contributed by atoms with Gasteiger partial charge in [0.25, 0.3) is 0 Å². The Kier molecular flexibility index (Phi) is 5.70. The lowest BCUT2D eigenvalue weighted by Gasteiger charge is -2.26. The number of nitrogens with zero attached hydrogens (tertiary/aromatic N) is 2. The van der Waals surface area contributed by atoms with Crippen LogP contribution in [0.1, 0.15) is 69.1 Å². The Labute approximate surface area is 119 Å². The maximum absolute atomic E-state index is 6.07. The highest BCUT2D eigenvalue weighted by atomic mass is 32.2. The Balaban J connectivity index is 1.96. The van der Waals surface area contributed by atoms with Gasteiger partial charge in [0.15, 0.2) is 5.82 Å². The Morgan fingerprint density at radius 3 is 3.05 bits per heavy atom. The molecule has 1 saturated carbocycles. The SMILES string of the molecule is CCC1CCCC(c2noc(C(N)CCSC)n2)C1. The molecule has 0 aromatic carbocycles. The van der Waals surface area contributed by atoms with Crippen LogP contribution < -0.4 is 5.73 Å². The van der Waals surface area contributed by atoms with Crippen molar-refractivity contribution in [1.29, 1.82) is 0 Å². The highest BCUT2D eigenvalue weighted by Crippen LogP contribution is 2.36. The van der Waals surface area contributed by atoms with E-state index in [0.717, 1.165) is 23.9 Å². The van der Waals surface area contributed by atoms with Crippen LogP contribution in [-0.4, -0.2) is 22.1 Å². The van der Waals surface area contributed by atoms with Gasteiger partial charge >= 0.3 is 0 Å². The van der Waals surface area contributed by atoms with E-state index in [1.807, 2.05) is 0 Å². The molecule has 0 spiro atoms. The largest absolute Gasteiger partial charge is 0.338 e. The predicted octanol–water partition coefficient (Wildman–Crippen LogP) is 3.51. The highest BCUT2D eigenvalue weighted by molar-refractivity contribution is 7.98. The van der Waals surface area contributed by atoms with E-state index in [4.69, 9.17) is 10.3 Å². The van der Waals surface area contributed by atoms with E-state index in [1.165, 1.54) is 32.1 Å². The minimum atomic E-state index is -0.112. The summed E-state index contributed by atoms with van der Waals surface area (Å²) in [6.07, 6.45) is 9.26. The van der Waals surface area contributed by atoms with Gasteiger partial charge in [-0.2, -0.15) is 16.7 Å². The van der Waals surface area contributed by atoms with E-state index in [-0.39, 0.29) is 6.04 Å². The minimum Gasteiger partial charge on any atom is -0.338 e. The van der Waals surface area contributed by atoms with Crippen LogP contribution in [0.3, 0.4) is 0 Å². The van der Waals surface area contributed by atoms with Gasteiger partial charge in [0.05, 0.1) is 6.04 Å². The molecular formula is C14H25N3OS. The van der Waals surface area contributed by atoms with Crippen molar-refractivity contribution in [1.82, 2.24) is 10.1 Å². The van der Waals surface area contributed by atoms with Crippen LogP contribution in [0, 0.1) is 5.92 Å². The highest BCUT2D eigenvalue weighted by Gasteiger charge is 2.26.